The molecule has 0 fully saturated rings. The summed E-state index contributed by atoms with van der Waals surface area (Å²) in [4.78, 5) is 5.07. The van der Waals surface area contributed by atoms with Crippen LogP contribution in [0, 0.1) is 0 Å². The van der Waals surface area contributed by atoms with E-state index in [2.05, 4.69) is 20.9 Å². The van der Waals surface area contributed by atoms with E-state index in [1.165, 1.54) is 0 Å². The van der Waals surface area contributed by atoms with Crippen LogP contribution in [0.5, 0.6) is 11.5 Å². The van der Waals surface area contributed by atoms with Gasteiger partial charge in [0.15, 0.2) is 11.5 Å². The summed E-state index contributed by atoms with van der Waals surface area (Å²) >= 11 is 10.8. The Morgan fingerprint density at radius 3 is 2.89 bits per heavy atom. The molecule has 6 heteroatoms. The molecule has 0 aliphatic carbocycles. The number of benzene rings is 1. The van der Waals surface area contributed by atoms with Crippen LogP contribution in [-0.4, -0.2) is 12.1 Å². The predicted molar refractivity (Wildman–Crippen MR) is 76.7 cm³/mol. The molecule has 0 unspecified atom stereocenters. The Kier molecular flexibility index (Phi) is 4.86. The van der Waals surface area contributed by atoms with Gasteiger partial charge in [0.2, 0.25) is 0 Å². The summed E-state index contributed by atoms with van der Waals surface area (Å²) in [6.07, 6.45) is 1.79. The second kappa shape index (κ2) is 6.41. The van der Waals surface area contributed by atoms with E-state index >= 15 is 0 Å². The first-order valence-corrected chi connectivity index (χ1v) is 7.38. The Hall–Kier alpha value is -0.780. The van der Waals surface area contributed by atoms with Crippen LogP contribution in [-0.2, 0) is 12.5 Å². The number of methoxy groups -OCH3 is 1. The lowest BCUT2D eigenvalue weighted by atomic mass is 10.2. The van der Waals surface area contributed by atoms with Gasteiger partial charge in [-0.15, -0.1) is 22.9 Å². The molecule has 0 aliphatic heterocycles. The lowest BCUT2D eigenvalue weighted by Crippen LogP contribution is -1.98. The van der Waals surface area contributed by atoms with Gasteiger partial charge in [-0.1, -0.05) is 0 Å². The Bertz CT molecular complexity index is 519. The lowest BCUT2D eigenvalue weighted by molar-refractivity contribution is 0.285. The third-order valence-electron chi connectivity index (χ3n) is 2.29. The molecular weight excluding hydrogens is 338 g/mol. The zero-order chi connectivity index (χ0) is 13.0. The van der Waals surface area contributed by atoms with E-state index in [4.69, 9.17) is 21.1 Å². The van der Waals surface area contributed by atoms with E-state index in [1.54, 1.807) is 30.2 Å². The Morgan fingerprint density at radius 2 is 2.28 bits per heavy atom. The molecule has 0 atom stereocenters. The largest absolute Gasteiger partial charge is 0.493 e. The summed E-state index contributed by atoms with van der Waals surface area (Å²) in [5.74, 6) is 1.79. The monoisotopic (exact) mass is 347 g/mol. The average Bonchev–Trinajstić information content (AvgIpc) is 2.89. The molecule has 0 aliphatic rings. The molecular formula is C12H11BrClNO2S. The van der Waals surface area contributed by atoms with Crippen molar-refractivity contribution < 1.29 is 9.47 Å². The molecule has 1 heterocycles. The number of halogens is 2. The van der Waals surface area contributed by atoms with E-state index < -0.39 is 0 Å². The van der Waals surface area contributed by atoms with Crippen molar-refractivity contribution in [2.75, 3.05) is 7.11 Å². The van der Waals surface area contributed by atoms with Gasteiger partial charge in [-0.05, 0) is 33.6 Å². The molecule has 96 valence electrons. The summed E-state index contributed by atoms with van der Waals surface area (Å²) in [6, 6.07) is 3.80. The van der Waals surface area contributed by atoms with Crippen LogP contribution >= 0.6 is 38.9 Å². The van der Waals surface area contributed by atoms with Gasteiger partial charge in [0.05, 0.1) is 22.0 Å². The van der Waals surface area contributed by atoms with Gasteiger partial charge in [-0.25, -0.2) is 0 Å². The van der Waals surface area contributed by atoms with Gasteiger partial charge >= 0.3 is 0 Å². The van der Waals surface area contributed by atoms with Crippen LogP contribution in [0.4, 0.5) is 0 Å². The highest BCUT2D eigenvalue weighted by atomic mass is 79.9. The lowest BCUT2D eigenvalue weighted by Gasteiger charge is -2.13. The van der Waals surface area contributed by atoms with Gasteiger partial charge in [0, 0.05) is 12.1 Å². The summed E-state index contributed by atoms with van der Waals surface area (Å²) in [5.41, 5.74) is 2.76. The van der Waals surface area contributed by atoms with Crippen molar-refractivity contribution in [3.63, 3.8) is 0 Å². The second-order valence-electron chi connectivity index (χ2n) is 3.50. The van der Waals surface area contributed by atoms with Crippen molar-refractivity contribution in [1.82, 2.24) is 4.98 Å². The molecule has 2 rings (SSSR count). The van der Waals surface area contributed by atoms with Gasteiger partial charge < -0.3 is 9.47 Å². The number of thiazole rings is 1. The highest BCUT2D eigenvalue weighted by molar-refractivity contribution is 9.10. The SMILES string of the molecule is COc1cc(CCl)cc(Br)c1OCc1cncs1. The summed E-state index contributed by atoms with van der Waals surface area (Å²) < 4.78 is 11.9. The third kappa shape index (κ3) is 3.16. The van der Waals surface area contributed by atoms with Crippen LogP contribution in [0.3, 0.4) is 0 Å². The van der Waals surface area contributed by atoms with E-state index in [9.17, 15) is 0 Å². The quantitative estimate of drug-likeness (QED) is 0.758. The maximum Gasteiger partial charge on any atom is 0.175 e. The average molecular weight is 349 g/mol. The van der Waals surface area contributed by atoms with Crippen molar-refractivity contribution in [1.29, 1.82) is 0 Å². The number of ether oxygens (including phenoxy) is 2. The highest BCUT2D eigenvalue weighted by Crippen LogP contribution is 2.37. The van der Waals surface area contributed by atoms with E-state index in [1.807, 2.05) is 12.1 Å². The number of alkyl halides is 1. The fraction of sp³-hybridized carbons (Fsp3) is 0.250. The van der Waals surface area contributed by atoms with Crippen LogP contribution in [0.1, 0.15) is 10.4 Å². The Balaban J connectivity index is 2.20. The number of hydrogen-bond acceptors (Lipinski definition) is 4. The number of rotatable bonds is 5. The molecule has 1 aromatic carbocycles. The topological polar surface area (TPSA) is 31.4 Å². The molecule has 18 heavy (non-hydrogen) atoms. The minimum absolute atomic E-state index is 0.435. The van der Waals surface area contributed by atoms with Crippen molar-refractivity contribution in [2.24, 2.45) is 0 Å². The van der Waals surface area contributed by atoms with Crippen molar-refractivity contribution in [3.8, 4) is 11.5 Å². The molecule has 0 spiro atoms. The van der Waals surface area contributed by atoms with E-state index in [-0.39, 0.29) is 0 Å². The Morgan fingerprint density at radius 1 is 1.44 bits per heavy atom. The smallest absolute Gasteiger partial charge is 0.175 e. The summed E-state index contributed by atoms with van der Waals surface area (Å²) in [7, 11) is 1.61. The maximum absolute atomic E-state index is 5.81. The fourth-order valence-electron chi connectivity index (χ4n) is 1.45. The first-order valence-electron chi connectivity index (χ1n) is 5.17. The molecule has 0 N–H and O–H groups in total. The number of aromatic nitrogens is 1. The van der Waals surface area contributed by atoms with Gasteiger partial charge in [0.1, 0.15) is 6.61 Å². The van der Waals surface area contributed by atoms with Gasteiger partial charge in [0.25, 0.3) is 0 Å². The van der Waals surface area contributed by atoms with Gasteiger partial charge in [-0.2, -0.15) is 0 Å². The van der Waals surface area contributed by atoms with E-state index in [0.717, 1.165) is 14.9 Å². The fourth-order valence-corrected chi connectivity index (χ4v) is 2.71. The molecule has 1 aromatic heterocycles. The van der Waals surface area contributed by atoms with Gasteiger partial charge in [-0.3, -0.25) is 4.98 Å². The zero-order valence-electron chi connectivity index (χ0n) is 9.65. The molecule has 3 nitrogen and oxygen atoms in total. The van der Waals surface area contributed by atoms with Crippen LogP contribution in [0.15, 0.2) is 28.3 Å². The highest BCUT2D eigenvalue weighted by Gasteiger charge is 2.12. The molecule has 0 amide bonds. The van der Waals surface area contributed by atoms with Crippen molar-refractivity contribution in [2.45, 2.75) is 12.5 Å². The van der Waals surface area contributed by atoms with Crippen LogP contribution in [0.2, 0.25) is 0 Å². The normalized spacial score (nSPS) is 10.4. The van der Waals surface area contributed by atoms with Crippen LogP contribution < -0.4 is 9.47 Å². The first kappa shape index (κ1) is 13.6. The number of hydrogen-bond donors (Lipinski definition) is 0. The van der Waals surface area contributed by atoms with E-state index in [0.29, 0.717) is 24.0 Å². The molecule has 2 aromatic rings. The second-order valence-corrected chi connectivity index (χ2v) is 5.59. The van der Waals surface area contributed by atoms with Crippen LogP contribution in [0.25, 0.3) is 0 Å². The third-order valence-corrected chi connectivity index (χ3v) is 3.94. The van der Waals surface area contributed by atoms with Crippen molar-refractivity contribution in [3.05, 3.63) is 38.8 Å². The predicted octanol–water partition coefficient (Wildman–Crippen LogP) is 4.23. The maximum atomic E-state index is 5.81. The minimum Gasteiger partial charge on any atom is -0.493 e. The summed E-state index contributed by atoms with van der Waals surface area (Å²) in [5, 5.41) is 0. The van der Waals surface area contributed by atoms with Crippen molar-refractivity contribution >= 4 is 38.9 Å². The molecule has 0 saturated heterocycles. The Labute approximate surface area is 123 Å². The summed E-state index contributed by atoms with van der Waals surface area (Å²) in [6.45, 7) is 0.472. The molecule has 0 bridgehead atoms. The zero-order valence-corrected chi connectivity index (χ0v) is 12.8. The molecule has 0 saturated carbocycles. The molecule has 0 radical (unpaired) electrons. The first-order chi connectivity index (χ1) is 8.74. The number of nitrogens with zero attached hydrogens (tertiary/aromatic N) is 1. The standard InChI is InChI=1S/C12H11BrClNO2S/c1-16-11-3-8(4-14)2-10(13)12(11)17-6-9-5-15-7-18-9/h2-3,5,7H,4,6H2,1H3. The minimum atomic E-state index is 0.435.